The summed E-state index contributed by atoms with van der Waals surface area (Å²) in [5.74, 6) is 0.741. The Balaban J connectivity index is 0.00000200. The van der Waals surface area contributed by atoms with Gasteiger partial charge in [0.25, 0.3) is 0 Å². The summed E-state index contributed by atoms with van der Waals surface area (Å²) in [5.41, 5.74) is 6.18. The smallest absolute Gasteiger partial charge is 0.154 e. The zero-order valence-electron chi connectivity index (χ0n) is 10.4. The molecule has 0 fully saturated rings. The van der Waals surface area contributed by atoms with Crippen molar-refractivity contribution >= 4 is 40.9 Å². The van der Waals surface area contributed by atoms with Crippen LogP contribution in [0.5, 0.6) is 0 Å². The second-order valence-electron chi connectivity index (χ2n) is 3.72. The Labute approximate surface area is 131 Å². The van der Waals surface area contributed by atoms with E-state index in [0.717, 1.165) is 5.76 Å². The van der Waals surface area contributed by atoms with Gasteiger partial charge in [-0.1, -0.05) is 29.4 Å². The molecule has 0 bridgehead atoms. The number of hydrogen-bond donors (Lipinski definition) is 1. The lowest BCUT2D eigenvalue weighted by atomic mass is 10.2. The van der Waals surface area contributed by atoms with E-state index in [4.69, 9.17) is 21.8 Å². The third-order valence-corrected chi connectivity index (χ3v) is 3.61. The molecular formula is C13H13Cl2FN2OS. The second kappa shape index (κ2) is 8.19. The molecule has 2 aromatic rings. The SMILES string of the molecule is Cl.NC(=NCc1ccco1)SCc1c(F)cccc1Cl. The van der Waals surface area contributed by atoms with Crippen molar-refractivity contribution in [2.45, 2.75) is 12.3 Å². The van der Waals surface area contributed by atoms with Gasteiger partial charge in [-0.05, 0) is 24.3 Å². The topological polar surface area (TPSA) is 51.5 Å². The lowest BCUT2D eigenvalue weighted by Crippen LogP contribution is -2.07. The Hall–Kier alpha value is -1.17. The predicted octanol–water partition coefficient (Wildman–Crippen LogP) is 4.24. The summed E-state index contributed by atoms with van der Waals surface area (Å²) < 4.78 is 18.6. The molecule has 7 heteroatoms. The first-order valence-corrected chi connectivity index (χ1v) is 6.91. The van der Waals surface area contributed by atoms with E-state index in [1.807, 2.05) is 6.07 Å². The third kappa shape index (κ3) is 4.74. The van der Waals surface area contributed by atoms with E-state index in [1.54, 1.807) is 24.5 Å². The van der Waals surface area contributed by atoms with Crippen LogP contribution in [0.4, 0.5) is 4.39 Å². The number of benzene rings is 1. The van der Waals surface area contributed by atoms with Crippen molar-refractivity contribution in [1.82, 2.24) is 0 Å². The van der Waals surface area contributed by atoms with E-state index >= 15 is 0 Å². The van der Waals surface area contributed by atoms with Gasteiger partial charge in [0.15, 0.2) is 5.17 Å². The zero-order chi connectivity index (χ0) is 13.7. The molecule has 2 rings (SSSR count). The van der Waals surface area contributed by atoms with E-state index < -0.39 is 0 Å². The van der Waals surface area contributed by atoms with Crippen molar-refractivity contribution in [3.05, 3.63) is 58.8 Å². The molecule has 0 atom stereocenters. The van der Waals surface area contributed by atoms with Crippen LogP contribution in [-0.2, 0) is 12.3 Å². The molecule has 0 aliphatic heterocycles. The maximum atomic E-state index is 13.5. The summed E-state index contributed by atoms with van der Waals surface area (Å²) >= 11 is 7.16. The number of rotatable bonds is 4. The number of thioether (sulfide) groups is 1. The zero-order valence-corrected chi connectivity index (χ0v) is 12.8. The van der Waals surface area contributed by atoms with Crippen molar-refractivity contribution in [3.63, 3.8) is 0 Å². The van der Waals surface area contributed by atoms with Crippen molar-refractivity contribution in [2.75, 3.05) is 0 Å². The summed E-state index contributed by atoms with van der Waals surface area (Å²) in [6, 6.07) is 8.19. The molecule has 0 radical (unpaired) electrons. The van der Waals surface area contributed by atoms with Crippen LogP contribution >= 0.6 is 35.8 Å². The quantitative estimate of drug-likeness (QED) is 0.671. The fraction of sp³-hybridized carbons (Fsp3) is 0.154. The average molecular weight is 335 g/mol. The predicted molar refractivity (Wildman–Crippen MR) is 84.0 cm³/mol. The van der Waals surface area contributed by atoms with Crippen molar-refractivity contribution in [2.24, 2.45) is 10.7 Å². The van der Waals surface area contributed by atoms with Crippen molar-refractivity contribution in [3.8, 4) is 0 Å². The number of hydrogen-bond acceptors (Lipinski definition) is 3. The minimum Gasteiger partial charge on any atom is -0.467 e. The molecule has 2 N–H and O–H groups in total. The molecule has 0 saturated heterocycles. The fourth-order valence-corrected chi connectivity index (χ4v) is 2.47. The van der Waals surface area contributed by atoms with E-state index in [0.29, 0.717) is 28.1 Å². The van der Waals surface area contributed by atoms with Gasteiger partial charge in [-0.3, -0.25) is 4.99 Å². The molecule has 0 spiro atoms. The number of nitrogens with two attached hydrogens (primary N) is 1. The lowest BCUT2D eigenvalue weighted by molar-refractivity contribution is 0.513. The molecular weight excluding hydrogens is 322 g/mol. The molecule has 1 aromatic heterocycles. The standard InChI is InChI=1S/C13H12ClFN2OS.ClH/c14-11-4-1-5-12(15)10(11)8-19-13(16)17-7-9-3-2-6-18-9;/h1-6H,7-8H2,(H2,16,17);1H. The first-order chi connectivity index (χ1) is 9.16. The highest BCUT2D eigenvalue weighted by Crippen LogP contribution is 2.23. The van der Waals surface area contributed by atoms with Crippen LogP contribution in [0.3, 0.4) is 0 Å². The van der Waals surface area contributed by atoms with Crippen LogP contribution in [0.25, 0.3) is 0 Å². The van der Waals surface area contributed by atoms with Gasteiger partial charge in [-0.2, -0.15) is 0 Å². The Morgan fingerprint density at radius 1 is 1.35 bits per heavy atom. The number of halogens is 3. The highest BCUT2D eigenvalue weighted by atomic mass is 35.5. The maximum Gasteiger partial charge on any atom is 0.154 e. The van der Waals surface area contributed by atoms with E-state index in [1.165, 1.54) is 17.8 Å². The third-order valence-electron chi connectivity index (χ3n) is 2.40. The molecule has 0 unspecified atom stereocenters. The molecule has 1 aromatic carbocycles. The summed E-state index contributed by atoms with van der Waals surface area (Å²) in [5, 5.41) is 0.766. The lowest BCUT2D eigenvalue weighted by Gasteiger charge is -2.05. The Bertz CT molecular complexity index is 556. The normalized spacial score (nSPS) is 11.2. The molecule has 1 heterocycles. The molecule has 0 amide bonds. The van der Waals surface area contributed by atoms with Crippen LogP contribution < -0.4 is 5.73 Å². The van der Waals surface area contributed by atoms with Gasteiger partial charge in [0.05, 0.1) is 12.8 Å². The van der Waals surface area contributed by atoms with Crippen LogP contribution in [0, 0.1) is 5.82 Å². The molecule has 0 aliphatic carbocycles. The Morgan fingerprint density at radius 2 is 2.15 bits per heavy atom. The average Bonchev–Trinajstić information content (AvgIpc) is 2.89. The number of amidine groups is 1. The fourth-order valence-electron chi connectivity index (χ4n) is 1.42. The van der Waals surface area contributed by atoms with Gasteiger partial charge in [0.1, 0.15) is 11.6 Å². The highest BCUT2D eigenvalue weighted by Gasteiger charge is 2.07. The Morgan fingerprint density at radius 3 is 2.80 bits per heavy atom. The van der Waals surface area contributed by atoms with Gasteiger partial charge in [0, 0.05) is 16.3 Å². The minimum atomic E-state index is -0.334. The maximum absolute atomic E-state index is 13.5. The summed E-state index contributed by atoms with van der Waals surface area (Å²) in [7, 11) is 0. The number of aliphatic imine (C=N–C) groups is 1. The van der Waals surface area contributed by atoms with Crippen molar-refractivity contribution in [1.29, 1.82) is 0 Å². The molecule has 20 heavy (non-hydrogen) atoms. The highest BCUT2D eigenvalue weighted by molar-refractivity contribution is 8.13. The first-order valence-electron chi connectivity index (χ1n) is 5.55. The van der Waals surface area contributed by atoms with E-state index in [9.17, 15) is 4.39 Å². The van der Waals surface area contributed by atoms with Crippen LogP contribution in [0.1, 0.15) is 11.3 Å². The van der Waals surface area contributed by atoms with E-state index in [2.05, 4.69) is 4.99 Å². The number of nitrogens with zero attached hydrogens (tertiary/aromatic N) is 1. The van der Waals surface area contributed by atoms with Gasteiger partial charge in [-0.25, -0.2) is 4.39 Å². The van der Waals surface area contributed by atoms with Gasteiger partial charge < -0.3 is 10.2 Å². The van der Waals surface area contributed by atoms with Crippen LogP contribution in [0.15, 0.2) is 46.0 Å². The first kappa shape index (κ1) is 16.9. The van der Waals surface area contributed by atoms with Crippen molar-refractivity contribution < 1.29 is 8.81 Å². The summed E-state index contributed by atoms with van der Waals surface area (Å²) in [6.45, 7) is 0.372. The summed E-state index contributed by atoms with van der Waals surface area (Å²) in [4.78, 5) is 4.14. The minimum absolute atomic E-state index is 0. The Kier molecular flexibility index (Phi) is 6.91. The van der Waals surface area contributed by atoms with Crippen LogP contribution in [0.2, 0.25) is 5.02 Å². The number of furan rings is 1. The van der Waals surface area contributed by atoms with Gasteiger partial charge >= 0.3 is 0 Å². The molecule has 108 valence electrons. The second-order valence-corrected chi connectivity index (χ2v) is 5.13. The monoisotopic (exact) mass is 334 g/mol. The molecule has 0 saturated carbocycles. The van der Waals surface area contributed by atoms with E-state index in [-0.39, 0.29) is 18.2 Å². The van der Waals surface area contributed by atoms with Crippen LogP contribution in [-0.4, -0.2) is 5.17 Å². The summed E-state index contributed by atoms with van der Waals surface area (Å²) in [6.07, 6.45) is 1.58. The molecule has 3 nitrogen and oxygen atoms in total. The van der Waals surface area contributed by atoms with Gasteiger partial charge in [0.2, 0.25) is 0 Å². The largest absolute Gasteiger partial charge is 0.467 e. The van der Waals surface area contributed by atoms with Gasteiger partial charge in [-0.15, -0.1) is 12.4 Å². The molecule has 0 aliphatic rings.